The van der Waals surface area contributed by atoms with E-state index in [4.69, 9.17) is 0 Å². The van der Waals surface area contributed by atoms with Gasteiger partial charge in [0.2, 0.25) is 5.91 Å². The molecule has 4 rings (SSSR count). The van der Waals surface area contributed by atoms with Gasteiger partial charge in [-0.05, 0) is 57.2 Å². The maximum absolute atomic E-state index is 13.4. The predicted molar refractivity (Wildman–Crippen MR) is 97.8 cm³/mol. The molecule has 2 fully saturated rings. The lowest BCUT2D eigenvalue weighted by molar-refractivity contribution is -0.137. The fourth-order valence-corrected chi connectivity index (χ4v) is 4.82. The summed E-state index contributed by atoms with van der Waals surface area (Å²) in [6, 6.07) is 8.07. The zero-order valence-corrected chi connectivity index (χ0v) is 15.0. The zero-order valence-electron chi connectivity index (χ0n) is 15.0. The molecule has 0 spiro atoms. The van der Waals surface area contributed by atoms with Gasteiger partial charge in [-0.15, -0.1) is 0 Å². The Morgan fingerprint density at radius 1 is 1.00 bits per heavy atom. The molecule has 1 aromatic rings. The van der Waals surface area contributed by atoms with Crippen molar-refractivity contribution < 1.29 is 9.59 Å². The molecule has 0 saturated carbocycles. The summed E-state index contributed by atoms with van der Waals surface area (Å²) in [6.45, 7) is 4.27. The highest BCUT2D eigenvalue weighted by Crippen LogP contribution is 2.34. The lowest BCUT2D eigenvalue weighted by Crippen LogP contribution is -2.50. The zero-order chi connectivity index (χ0) is 17.2. The van der Waals surface area contributed by atoms with Gasteiger partial charge in [0, 0.05) is 31.1 Å². The highest BCUT2D eigenvalue weighted by Gasteiger charge is 2.36. The summed E-state index contributed by atoms with van der Waals surface area (Å²) in [5, 5.41) is 0. The molecule has 0 bridgehead atoms. The van der Waals surface area contributed by atoms with E-state index in [1.54, 1.807) is 0 Å². The molecule has 2 heterocycles. The van der Waals surface area contributed by atoms with Crippen LogP contribution in [-0.4, -0.2) is 53.7 Å². The van der Waals surface area contributed by atoms with E-state index in [2.05, 4.69) is 9.80 Å². The van der Waals surface area contributed by atoms with Gasteiger partial charge in [-0.2, -0.15) is 0 Å². The van der Waals surface area contributed by atoms with Gasteiger partial charge in [0.1, 0.15) is 0 Å². The normalized spacial score (nSPS) is 27.4. The molecule has 3 aliphatic rings. The van der Waals surface area contributed by atoms with Crippen molar-refractivity contribution in [3.63, 3.8) is 0 Å². The molecular weight excluding hydrogens is 312 g/mol. The molecule has 4 heteroatoms. The Balaban J connectivity index is 1.54. The Morgan fingerprint density at radius 2 is 1.76 bits per heavy atom. The third kappa shape index (κ3) is 3.37. The molecule has 2 aliphatic heterocycles. The van der Waals surface area contributed by atoms with Gasteiger partial charge in [0.05, 0.1) is 5.92 Å². The summed E-state index contributed by atoms with van der Waals surface area (Å²) in [6.07, 6.45) is 7.20. The average molecular weight is 340 g/mol. The van der Waals surface area contributed by atoms with Crippen molar-refractivity contribution in [3.05, 3.63) is 35.4 Å². The number of carbonyl (C=O) groups is 2. The number of benzene rings is 1. The van der Waals surface area contributed by atoms with E-state index in [0.29, 0.717) is 18.9 Å². The smallest absolute Gasteiger partial charge is 0.230 e. The largest absolute Gasteiger partial charge is 0.338 e. The molecule has 134 valence electrons. The second kappa shape index (κ2) is 7.28. The molecule has 2 saturated heterocycles. The van der Waals surface area contributed by atoms with Crippen LogP contribution in [0, 0.1) is 0 Å². The van der Waals surface area contributed by atoms with Crippen LogP contribution in [0.4, 0.5) is 0 Å². The first-order valence-electron chi connectivity index (χ1n) is 9.89. The van der Waals surface area contributed by atoms with Crippen molar-refractivity contribution in [3.8, 4) is 0 Å². The monoisotopic (exact) mass is 340 g/mol. The quantitative estimate of drug-likeness (QED) is 0.848. The van der Waals surface area contributed by atoms with E-state index in [1.165, 1.54) is 32.4 Å². The number of amides is 1. The molecule has 1 aromatic carbocycles. The number of ketones is 1. The molecule has 0 radical (unpaired) electrons. The first-order chi connectivity index (χ1) is 12.2. The molecule has 4 nitrogen and oxygen atoms in total. The SMILES string of the molecule is O=C1CCC(C(=O)N2CCCCC2CN2CCCC2)c2ccccc21. The van der Waals surface area contributed by atoms with Gasteiger partial charge >= 0.3 is 0 Å². The maximum atomic E-state index is 13.4. The van der Waals surface area contributed by atoms with Crippen molar-refractivity contribution in [1.29, 1.82) is 0 Å². The second-order valence-electron chi connectivity index (χ2n) is 7.79. The molecule has 0 aromatic heterocycles. The summed E-state index contributed by atoms with van der Waals surface area (Å²) >= 11 is 0. The van der Waals surface area contributed by atoms with Gasteiger partial charge < -0.3 is 9.80 Å². The van der Waals surface area contributed by atoms with Gasteiger partial charge in [0.15, 0.2) is 5.78 Å². The van der Waals surface area contributed by atoms with Crippen LogP contribution in [0.25, 0.3) is 0 Å². The Labute approximate surface area is 150 Å². The summed E-state index contributed by atoms with van der Waals surface area (Å²) in [5.74, 6) is 0.309. The number of hydrogen-bond acceptors (Lipinski definition) is 3. The van der Waals surface area contributed by atoms with Crippen molar-refractivity contribution in [2.75, 3.05) is 26.2 Å². The Kier molecular flexibility index (Phi) is 4.89. The predicted octanol–water partition coefficient (Wildman–Crippen LogP) is 3.22. The van der Waals surface area contributed by atoms with Gasteiger partial charge in [-0.25, -0.2) is 0 Å². The number of fused-ring (bicyclic) bond motifs is 1. The van der Waals surface area contributed by atoms with E-state index >= 15 is 0 Å². The van der Waals surface area contributed by atoms with Crippen LogP contribution in [-0.2, 0) is 4.79 Å². The van der Waals surface area contributed by atoms with Gasteiger partial charge in [0.25, 0.3) is 0 Å². The molecule has 0 N–H and O–H groups in total. The first-order valence-corrected chi connectivity index (χ1v) is 9.89. The number of carbonyl (C=O) groups excluding carboxylic acids is 2. The number of rotatable bonds is 3. The Hall–Kier alpha value is -1.68. The van der Waals surface area contributed by atoms with Crippen LogP contribution < -0.4 is 0 Å². The molecule has 2 atom stereocenters. The number of piperidine rings is 1. The highest BCUT2D eigenvalue weighted by molar-refractivity contribution is 6.01. The lowest BCUT2D eigenvalue weighted by atomic mass is 9.80. The van der Waals surface area contributed by atoms with E-state index in [-0.39, 0.29) is 17.6 Å². The Morgan fingerprint density at radius 3 is 2.60 bits per heavy atom. The summed E-state index contributed by atoms with van der Waals surface area (Å²) in [4.78, 5) is 30.3. The standard InChI is InChI=1S/C21H28N2O2/c24-20-11-10-19(17-8-1-2-9-18(17)20)21(25)23-14-4-3-7-16(23)15-22-12-5-6-13-22/h1-2,8-9,16,19H,3-7,10-15H2. The minimum atomic E-state index is -0.131. The van der Waals surface area contributed by atoms with E-state index in [1.807, 2.05) is 24.3 Å². The minimum Gasteiger partial charge on any atom is -0.338 e. The second-order valence-corrected chi connectivity index (χ2v) is 7.79. The van der Waals surface area contributed by atoms with Crippen LogP contribution in [0.3, 0.4) is 0 Å². The third-order valence-electron chi connectivity index (χ3n) is 6.17. The lowest BCUT2D eigenvalue weighted by Gasteiger charge is -2.40. The van der Waals surface area contributed by atoms with Crippen molar-refractivity contribution in [1.82, 2.24) is 9.80 Å². The average Bonchev–Trinajstić information content (AvgIpc) is 3.15. The fourth-order valence-electron chi connectivity index (χ4n) is 4.82. The number of nitrogens with zero attached hydrogens (tertiary/aromatic N) is 2. The molecule has 2 unspecified atom stereocenters. The van der Waals surface area contributed by atoms with Crippen LogP contribution in [0.1, 0.15) is 66.8 Å². The van der Waals surface area contributed by atoms with E-state index in [0.717, 1.165) is 37.1 Å². The molecule has 1 aliphatic carbocycles. The van der Waals surface area contributed by atoms with Crippen LogP contribution in [0.15, 0.2) is 24.3 Å². The topological polar surface area (TPSA) is 40.6 Å². The van der Waals surface area contributed by atoms with Crippen molar-refractivity contribution in [2.45, 2.75) is 56.9 Å². The van der Waals surface area contributed by atoms with Crippen LogP contribution in [0.2, 0.25) is 0 Å². The van der Waals surface area contributed by atoms with Crippen molar-refractivity contribution in [2.24, 2.45) is 0 Å². The summed E-state index contributed by atoms with van der Waals surface area (Å²) < 4.78 is 0. The maximum Gasteiger partial charge on any atom is 0.230 e. The van der Waals surface area contributed by atoms with E-state index < -0.39 is 0 Å². The van der Waals surface area contributed by atoms with Crippen LogP contribution in [0.5, 0.6) is 0 Å². The Bertz CT molecular complexity index is 651. The molecule has 25 heavy (non-hydrogen) atoms. The minimum absolute atomic E-state index is 0.131. The van der Waals surface area contributed by atoms with Gasteiger partial charge in [-0.3, -0.25) is 9.59 Å². The van der Waals surface area contributed by atoms with E-state index in [9.17, 15) is 9.59 Å². The van der Waals surface area contributed by atoms with Gasteiger partial charge in [-0.1, -0.05) is 24.3 Å². The number of likely N-dealkylation sites (tertiary alicyclic amines) is 2. The third-order valence-corrected chi connectivity index (χ3v) is 6.17. The van der Waals surface area contributed by atoms with Crippen molar-refractivity contribution >= 4 is 11.7 Å². The molecular formula is C21H28N2O2. The first kappa shape index (κ1) is 16.8. The summed E-state index contributed by atoms with van der Waals surface area (Å²) in [7, 11) is 0. The fraction of sp³-hybridized carbons (Fsp3) is 0.619. The molecule has 1 amide bonds. The van der Waals surface area contributed by atoms with Crippen LogP contribution >= 0.6 is 0 Å². The highest BCUT2D eigenvalue weighted by atomic mass is 16.2. The number of Topliss-reactive ketones (excluding diaryl/α,β-unsaturated/α-hetero) is 1. The number of hydrogen-bond donors (Lipinski definition) is 0. The summed E-state index contributed by atoms with van der Waals surface area (Å²) in [5.41, 5.74) is 1.72.